The molecule has 0 aliphatic heterocycles. The molecule has 0 spiro atoms. The van der Waals surface area contributed by atoms with Gasteiger partial charge in [0.25, 0.3) is 0 Å². The highest BCUT2D eigenvalue weighted by Gasteiger charge is 2.22. The van der Waals surface area contributed by atoms with E-state index in [9.17, 15) is 0 Å². The standard InChI is InChI=1S/C35H75N2O2.BrH/c1-5-7-9-11-13-15-17-19-21-23-25-27-31-38-34-35(33-37(3,4)30-29-36)39-32-28-26-24-22-20-18-16-14-12-10-8-6-2;/h35H,5-34,36H2,1-4H3;1H/q+1;/p-1. The SMILES string of the molecule is CCCCCCCCCCCCCCOCC(C[N+](C)(C)CCN)OCCCCCCCCCCCCCC.[Br-]. The maximum atomic E-state index is 6.35. The van der Waals surface area contributed by atoms with Gasteiger partial charge >= 0.3 is 0 Å². The Bertz CT molecular complexity index is 465. The number of nitrogens with zero attached hydrogens (tertiary/aromatic N) is 1. The van der Waals surface area contributed by atoms with Crippen LogP contribution in [0.4, 0.5) is 0 Å². The van der Waals surface area contributed by atoms with Crippen molar-refractivity contribution in [1.29, 1.82) is 0 Å². The first-order chi connectivity index (χ1) is 19.1. The fourth-order valence-corrected chi connectivity index (χ4v) is 5.60. The highest BCUT2D eigenvalue weighted by Crippen LogP contribution is 2.14. The van der Waals surface area contributed by atoms with Gasteiger partial charge in [-0.05, 0) is 12.8 Å². The van der Waals surface area contributed by atoms with E-state index in [-0.39, 0.29) is 23.1 Å². The summed E-state index contributed by atoms with van der Waals surface area (Å²) < 4.78 is 13.4. The van der Waals surface area contributed by atoms with E-state index in [0.29, 0.717) is 0 Å². The monoisotopic (exact) mass is 635 g/mol. The molecule has 4 nitrogen and oxygen atoms in total. The second kappa shape index (κ2) is 33.8. The van der Waals surface area contributed by atoms with Gasteiger partial charge in [-0.15, -0.1) is 0 Å². The molecule has 0 bridgehead atoms. The van der Waals surface area contributed by atoms with Crippen LogP contribution < -0.4 is 22.7 Å². The predicted octanol–water partition coefficient (Wildman–Crippen LogP) is 6.83. The molecule has 0 rings (SSSR count). The van der Waals surface area contributed by atoms with E-state index < -0.39 is 0 Å². The van der Waals surface area contributed by atoms with Gasteiger partial charge in [0.15, 0.2) is 0 Å². The molecular weight excluding hydrogens is 560 g/mol. The molecule has 0 radical (unpaired) electrons. The van der Waals surface area contributed by atoms with Gasteiger partial charge in [0.2, 0.25) is 0 Å². The number of rotatable bonds is 33. The van der Waals surface area contributed by atoms with Crippen molar-refractivity contribution in [1.82, 2.24) is 0 Å². The Morgan fingerprint density at radius 2 is 0.875 bits per heavy atom. The van der Waals surface area contributed by atoms with Gasteiger partial charge < -0.3 is 36.7 Å². The van der Waals surface area contributed by atoms with E-state index in [1.165, 1.54) is 154 Å². The van der Waals surface area contributed by atoms with Gasteiger partial charge in [0, 0.05) is 19.8 Å². The highest BCUT2D eigenvalue weighted by molar-refractivity contribution is 4.58. The average Bonchev–Trinajstić information content (AvgIpc) is 2.91. The Kier molecular flexibility index (Phi) is 35.9. The quantitative estimate of drug-likeness (QED) is 0.0636. The average molecular weight is 636 g/mol. The Morgan fingerprint density at radius 1 is 0.525 bits per heavy atom. The zero-order valence-corrected chi connectivity index (χ0v) is 29.6. The Hall–Kier alpha value is 0.320. The van der Waals surface area contributed by atoms with Crippen LogP contribution in [0.2, 0.25) is 0 Å². The lowest BCUT2D eigenvalue weighted by molar-refractivity contribution is -0.892. The molecule has 0 aromatic rings. The molecule has 2 N–H and O–H groups in total. The topological polar surface area (TPSA) is 44.5 Å². The minimum atomic E-state index is 0. The van der Waals surface area contributed by atoms with Crippen LogP contribution in [0.15, 0.2) is 0 Å². The number of halogens is 1. The lowest BCUT2D eigenvalue weighted by Crippen LogP contribution is -3.00. The molecule has 0 aromatic carbocycles. The summed E-state index contributed by atoms with van der Waals surface area (Å²) >= 11 is 0. The Labute approximate surface area is 263 Å². The molecule has 244 valence electrons. The van der Waals surface area contributed by atoms with Crippen LogP contribution in [-0.4, -0.2) is 64.1 Å². The zero-order valence-electron chi connectivity index (χ0n) is 28.0. The summed E-state index contributed by atoms with van der Waals surface area (Å²) in [6.07, 6.45) is 33.3. The molecule has 0 saturated heterocycles. The number of nitrogens with two attached hydrogens (primary N) is 1. The van der Waals surface area contributed by atoms with E-state index in [0.717, 1.165) is 43.9 Å². The molecule has 5 heteroatoms. The summed E-state index contributed by atoms with van der Waals surface area (Å²) in [7, 11) is 4.52. The van der Waals surface area contributed by atoms with Gasteiger partial charge in [-0.3, -0.25) is 0 Å². The molecule has 1 unspecified atom stereocenters. The molecule has 0 aliphatic rings. The highest BCUT2D eigenvalue weighted by atomic mass is 79.9. The number of hydrogen-bond donors (Lipinski definition) is 1. The summed E-state index contributed by atoms with van der Waals surface area (Å²) in [5.41, 5.74) is 5.86. The lowest BCUT2D eigenvalue weighted by Gasteiger charge is -2.33. The van der Waals surface area contributed by atoms with Gasteiger partial charge in [-0.2, -0.15) is 0 Å². The molecule has 0 heterocycles. The minimum Gasteiger partial charge on any atom is -1.00 e. The summed E-state index contributed by atoms with van der Waals surface area (Å²) in [5.74, 6) is 0. The van der Waals surface area contributed by atoms with E-state index >= 15 is 0 Å². The maximum Gasteiger partial charge on any atom is 0.130 e. The molecule has 40 heavy (non-hydrogen) atoms. The van der Waals surface area contributed by atoms with Crippen molar-refractivity contribution in [3.8, 4) is 0 Å². The molecule has 0 saturated carbocycles. The van der Waals surface area contributed by atoms with Crippen molar-refractivity contribution in [3.05, 3.63) is 0 Å². The third-order valence-corrected chi connectivity index (χ3v) is 8.23. The van der Waals surface area contributed by atoms with E-state index in [1.54, 1.807) is 0 Å². The molecule has 0 amide bonds. The van der Waals surface area contributed by atoms with E-state index in [4.69, 9.17) is 15.2 Å². The Balaban J connectivity index is 0. The smallest absolute Gasteiger partial charge is 0.130 e. The van der Waals surface area contributed by atoms with Gasteiger partial charge in [-0.1, -0.05) is 155 Å². The minimum absolute atomic E-state index is 0. The van der Waals surface area contributed by atoms with Gasteiger partial charge in [0.1, 0.15) is 12.6 Å². The van der Waals surface area contributed by atoms with Crippen molar-refractivity contribution in [2.24, 2.45) is 5.73 Å². The summed E-state index contributed by atoms with van der Waals surface area (Å²) in [4.78, 5) is 0. The molecule has 0 fully saturated rings. The number of ether oxygens (including phenoxy) is 2. The summed E-state index contributed by atoms with van der Waals surface area (Å²) in [5, 5.41) is 0. The second-order valence-electron chi connectivity index (χ2n) is 13.0. The van der Waals surface area contributed by atoms with Crippen molar-refractivity contribution in [3.63, 3.8) is 0 Å². The number of hydrogen-bond acceptors (Lipinski definition) is 3. The number of unbranched alkanes of at least 4 members (excludes halogenated alkanes) is 22. The first-order valence-electron chi connectivity index (χ1n) is 17.8. The summed E-state index contributed by atoms with van der Waals surface area (Å²) in [6.45, 7) is 9.74. The van der Waals surface area contributed by atoms with Crippen LogP contribution >= 0.6 is 0 Å². The normalized spacial score (nSPS) is 12.5. The first-order valence-corrected chi connectivity index (χ1v) is 17.8. The van der Waals surface area contributed by atoms with Crippen LogP contribution in [0.3, 0.4) is 0 Å². The Morgan fingerprint density at radius 3 is 1.25 bits per heavy atom. The van der Waals surface area contributed by atoms with Crippen LogP contribution in [-0.2, 0) is 9.47 Å². The second-order valence-corrected chi connectivity index (χ2v) is 13.0. The van der Waals surface area contributed by atoms with Crippen LogP contribution in [0.1, 0.15) is 168 Å². The lowest BCUT2D eigenvalue weighted by atomic mass is 10.1. The van der Waals surface area contributed by atoms with Crippen LogP contribution in [0.25, 0.3) is 0 Å². The van der Waals surface area contributed by atoms with E-state index in [1.807, 2.05) is 0 Å². The fraction of sp³-hybridized carbons (Fsp3) is 1.00. The van der Waals surface area contributed by atoms with Crippen LogP contribution in [0, 0.1) is 0 Å². The number of quaternary nitrogens is 1. The third-order valence-electron chi connectivity index (χ3n) is 8.23. The van der Waals surface area contributed by atoms with Crippen LogP contribution in [0.5, 0.6) is 0 Å². The largest absolute Gasteiger partial charge is 1.00 e. The third kappa shape index (κ3) is 32.8. The van der Waals surface area contributed by atoms with Gasteiger partial charge in [-0.25, -0.2) is 0 Å². The summed E-state index contributed by atoms with van der Waals surface area (Å²) in [6, 6.07) is 0. The predicted molar refractivity (Wildman–Crippen MR) is 174 cm³/mol. The number of likely N-dealkylation sites (N-methyl/N-ethyl adjacent to an activating group) is 1. The molecule has 1 atom stereocenters. The molecular formula is C35H75BrN2O2. The molecule has 0 aliphatic carbocycles. The molecule has 0 aromatic heterocycles. The van der Waals surface area contributed by atoms with Crippen molar-refractivity contribution in [2.75, 3.05) is 53.6 Å². The van der Waals surface area contributed by atoms with Gasteiger partial charge in [0.05, 0.1) is 27.2 Å². The van der Waals surface area contributed by atoms with Crippen molar-refractivity contribution in [2.45, 2.75) is 174 Å². The maximum absolute atomic E-state index is 6.35. The van der Waals surface area contributed by atoms with Crippen molar-refractivity contribution >= 4 is 0 Å². The first kappa shape index (κ1) is 42.5. The fourth-order valence-electron chi connectivity index (χ4n) is 5.60. The van der Waals surface area contributed by atoms with E-state index in [2.05, 4.69) is 27.9 Å². The van der Waals surface area contributed by atoms with Crippen molar-refractivity contribution < 1.29 is 30.9 Å². The zero-order chi connectivity index (χ0) is 28.7.